The number of likely N-dealkylation sites (tertiary alicyclic amines) is 1. The highest BCUT2D eigenvalue weighted by Crippen LogP contribution is 2.12. The van der Waals surface area contributed by atoms with Crippen molar-refractivity contribution in [3.8, 4) is 0 Å². The molecule has 0 radical (unpaired) electrons. The molecular formula is C15H31N5O. The minimum Gasteiger partial charge on any atom is -0.357 e. The van der Waals surface area contributed by atoms with E-state index in [1.165, 1.54) is 6.42 Å². The molecule has 1 atom stereocenters. The second kappa shape index (κ2) is 8.22. The largest absolute Gasteiger partial charge is 0.357 e. The molecule has 1 saturated heterocycles. The molecule has 3 N–H and O–H groups in total. The lowest BCUT2D eigenvalue weighted by molar-refractivity contribution is -0.121. The van der Waals surface area contributed by atoms with Crippen molar-refractivity contribution >= 4 is 11.9 Å². The fourth-order valence-electron chi connectivity index (χ4n) is 2.38. The van der Waals surface area contributed by atoms with Crippen LogP contribution in [0.1, 0.15) is 34.1 Å². The van der Waals surface area contributed by atoms with Gasteiger partial charge in [-0.15, -0.1) is 0 Å². The van der Waals surface area contributed by atoms with Crippen LogP contribution in [0.3, 0.4) is 0 Å². The minimum atomic E-state index is -0.215. The molecule has 0 aromatic carbocycles. The summed E-state index contributed by atoms with van der Waals surface area (Å²) in [6.07, 6.45) is 1.22. The number of carbonyl (C=O) groups excluding carboxylic acids is 1. The zero-order valence-corrected chi connectivity index (χ0v) is 14.1. The molecule has 0 aliphatic carbocycles. The first-order chi connectivity index (χ1) is 9.80. The van der Waals surface area contributed by atoms with Gasteiger partial charge in [0.2, 0.25) is 5.91 Å². The lowest BCUT2D eigenvalue weighted by atomic mass is 10.1. The van der Waals surface area contributed by atoms with Gasteiger partial charge in [-0.1, -0.05) is 0 Å². The molecule has 1 amide bonds. The second-order valence-corrected chi connectivity index (χ2v) is 6.79. The fraction of sp³-hybridized carbons (Fsp3) is 0.867. The highest BCUT2D eigenvalue weighted by molar-refractivity contribution is 5.85. The SMILES string of the molecule is CCNC(=NCC(=O)NC(C)(C)C)NCC1CCN(C)C1. The van der Waals surface area contributed by atoms with E-state index in [1.807, 2.05) is 27.7 Å². The quantitative estimate of drug-likeness (QED) is 0.508. The number of rotatable bonds is 5. The van der Waals surface area contributed by atoms with Crippen molar-refractivity contribution in [1.82, 2.24) is 20.9 Å². The maximum absolute atomic E-state index is 11.8. The molecule has 1 heterocycles. The van der Waals surface area contributed by atoms with Gasteiger partial charge in [-0.3, -0.25) is 4.79 Å². The van der Waals surface area contributed by atoms with E-state index in [0.717, 1.165) is 32.1 Å². The first-order valence-corrected chi connectivity index (χ1v) is 7.82. The summed E-state index contributed by atoms with van der Waals surface area (Å²) < 4.78 is 0. The number of hydrogen-bond donors (Lipinski definition) is 3. The van der Waals surface area contributed by atoms with E-state index in [4.69, 9.17) is 0 Å². The van der Waals surface area contributed by atoms with Gasteiger partial charge in [-0.25, -0.2) is 4.99 Å². The summed E-state index contributed by atoms with van der Waals surface area (Å²) in [6, 6.07) is 0. The van der Waals surface area contributed by atoms with Gasteiger partial charge in [0.15, 0.2) is 5.96 Å². The topological polar surface area (TPSA) is 68.8 Å². The molecule has 6 nitrogen and oxygen atoms in total. The van der Waals surface area contributed by atoms with Crippen LogP contribution in [0, 0.1) is 5.92 Å². The van der Waals surface area contributed by atoms with Crippen molar-refractivity contribution in [2.45, 2.75) is 39.7 Å². The van der Waals surface area contributed by atoms with E-state index in [9.17, 15) is 4.79 Å². The van der Waals surface area contributed by atoms with E-state index in [1.54, 1.807) is 0 Å². The normalized spacial score (nSPS) is 20.4. The first kappa shape index (κ1) is 17.8. The third kappa shape index (κ3) is 7.90. The Morgan fingerprint density at radius 2 is 2.05 bits per heavy atom. The Kier molecular flexibility index (Phi) is 6.95. The lowest BCUT2D eigenvalue weighted by Crippen LogP contribution is -2.44. The Bertz CT molecular complexity index is 362. The van der Waals surface area contributed by atoms with Gasteiger partial charge in [0, 0.05) is 25.2 Å². The molecule has 6 heteroatoms. The number of nitrogens with one attached hydrogen (secondary N) is 3. The molecule has 0 saturated carbocycles. The zero-order chi connectivity index (χ0) is 15.9. The van der Waals surface area contributed by atoms with Crippen molar-refractivity contribution in [2.75, 3.05) is 39.8 Å². The summed E-state index contributed by atoms with van der Waals surface area (Å²) in [5.74, 6) is 1.32. The number of hydrogen-bond acceptors (Lipinski definition) is 3. The van der Waals surface area contributed by atoms with Gasteiger partial charge in [-0.05, 0) is 53.6 Å². The number of carbonyl (C=O) groups is 1. The van der Waals surface area contributed by atoms with Crippen LogP contribution >= 0.6 is 0 Å². The monoisotopic (exact) mass is 297 g/mol. The van der Waals surface area contributed by atoms with Crippen LogP contribution in [-0.4, -0.2) is 62.1 Å². The number of guanidine groups is 1. The van der Waals surface area contributed by atoms with Gasteiger partial charge in [-0.2, -0.15) is 0 Å². The molecule has 0 aromatic rings. The maximum Gasteiger partial charge on any atom is 0.242 e. The van der Waals surface area contributed by atoms with E-state index in [0.29, 0.717) is 5.92 Å². The van der Waals surface area contributed by atoms with Crippen molar-refractivity contribution in [3.63, 3.8) is 0 Å². The van der Waals surface area contributed by atoms with E-state index >= 15 is 0 Å². The Morgan fingerprint density at radius 1 is 1.33 bits per heavy atom. The summed E-state index contributed by atoms with van der Waals surface area (Å²) in [4.78, 5) is 18.5. The molecule has 1 rings (SSSR count). The summed E-state index contributed by atoms with van der Waals surface area (Å²) in [5.41, 5.74) is -0.215. The minimum absolute atomic E-state index is 0.0553. The molecule has 1 aliphatic heterocycles. The summed E-state index contributed by atoms with van der Waals surface area (Å²) in [5, 5.41) is 9.43. The summed E-state index contributed by atoms with van der Waals surface area (Å²) in [7, 11) is 2.15. The molecule has 1 unspecified atom stereocenters. The molecule has 122 valence electrons. The Morgan fingerprint density at radius 3 is 2.57 bits per heavy atom. The predicted octanol–water partition coefficient (Wildman–Crippen LogP) is 0.408. The van der Waals surface area contributed by atoms with Crippen LogP contribution in [0.25, 0.3) is 0 Å². The van der Waals surface area contributed by atoms with Gasteiger partial charge in [0.1, 0.15) is 6.54 Å². The summed E-state index contributed by atoms with van der Waals surface area (Å²) in [6.45, 7) is 12.0. The van der Waals surface area contributed by atoms with Gasteiger partial charge < -0.3 is 20.9 Å². The molecule has 0 bridgehead atoms. The smallest absolute Gasteiger partial charge is 0.242 e. The molecular weight excluding hydrogens is 266 g/mol. The average molecular weight is 297 g/mol. The van der Waals surface area contributed by atoms with E-state index in [-0.39, 0.29) is 18.0 Å². The van der Waals surface area contributed by atoms with Crippen molar-refractivity contribution in [3.05, 3.63) is 0 Å². The molecule has 21 heavy (non-hydrogen) atoms. The number of aliphatic imine (C=N–C) groups is 1. The van der Waals surface area contributed by atoms with E-state index in [2.05, 4.69) is 32.9 Å². The molecule has 1 fully saturated rings. The third-order valence-electron chi connectivity index (χ3n) is 3.29. The number of amides is 1. The highest BCUT2D eigenvalue weighted by Gasteiger charge is 2.19. The van der Waals surface area contributed by atoms with Gasteiger partial charge >= 0.3 is 0 Å². The van der Waals surface area contributed by atoms with Crippen molar-refractivity contribution in [2.24, 2.45) is 10.9 Å². The molecule has 1 aliphatic rings. The first-order valence-electron chi connectivity index (χ1n) is 7.82. The van der Waals surface area contributed by atoms with Crippen molar-refractivity contribution < 1.29 is 4.79 Å². The standard InChI is InChI=1S/C15H31N5O/c1-6-16-14(17-9-12-7-8-20(5)11-12)18-10-13(21)19-15(2,3)4/h12H,6-11H2,1-5H3,(H,19,21)(H2,16,17,18). The van der Waals surface area contributed by atoms with Gasteiger partial charge in [0.05, 0.1) is 0 Å². The van der Waals surface area contributed by atoms with Crippen LogP contribution < -0.4 is 16.0 Å². The summed E-state index contributed by atoms with van der Waals surface area (Å²) >= 11 is 0. The third-order valence-corrected chi connectivity index (χ3v) is 3.29. The molecule has 0 aromatic heterocycles. The van der Waals surface area contributed by atoms with Crippen molar-refractivity contribution in [1.29, 1.82) is 0 Å². The van der Waals surface area contributed by atoms with Crippen LogP contribution in [0.15, 0.2) is 4.99 Å². The fourth-order valence-corrected chi connectivity index (χ4v) is 2.38. The maximum atomic E-state index is 11.8. The van der Waals surface area contributed by atoms with Crippen LogP contribution in [-0.2, 0) is 4.79 Å². The Balaban J connectivity index is 2.40. The average Bonchev–Trinajstić information content (AvgIpc) is 2.76. The number of nitrogens with zero attached hydrogens (tertiary/aromatic N) is 2. The lowest BCUT2D eigenvalue weighted by Gasteiger charge is -2.20. The highest BCUT2D eigenvalue weighted by atomic mass is 16.2. The van der Waals surface area contributed by atoms with E-state index < -0.39 is 0 Å². The predicted molar refractivity (Wildman–Crippen MR) is 87.5 cm³/mol. The second-order valence-electron chi connectivity index (χ2n) is 6.79. The zero-order valence-electron chi connectivity index (χ0n) is 14.1. The molecule has 0 spiro atoms. The van der Waals surface area contributed by atoms with Crippen LogP contribution in [0.5, 0.6) is 0 Å². The van der Waals surface area contributed by atoms with Crippen LogP contribution in [0.2, 0.25) is 0 Å². The Labute approximate surface area is 128 Å². The van der Waals surface area contributed by atoms with Gasteiger partial charge in [0.25, 0.3) is 0 Å². The Hall–Kier alpha value is -1.30. The van der Waals surface area contributed by atoms with Crippen LogP contribution in [0.4, 0.5) is 0 Å².